The van der Waals surface area contributed by atoms with Gasteiger partial charge >= 0.3 is 56.9 Å². The van der Waals surface area contributed by atoms with Gasteiger partial charge in [-0.05, 0) is 45.9 Å². The number of benzene rings is 8. The molecule has 0 aliphatic rings. The van der Waals surface area contributed by atoms with E-state index in [9.17, 15) is 0 Å². The van der Waals surface area contributed by atoms with E-state index in [0.29, 0.717) is 23.7 Å². The molecule has 0 saturated carbocycles. The summed E-state index contributed by atoms with van der Waals surface area (Å²) in [6.45, 7) is 9.21. The van der Waals surface area contributed by atoms with Gasteiger partial charge in [-0.2, -0.15) is 22.3 Å². The zero-order chi connectivity index (χ0) is 53.5. The van der Waals surface area contributed by atoms with E-state index in [2.05, 4.69) is 303 Å². The van der Waals surface area contributed by atoms with E-state index in [0.717, 1.165) is 25.7 Å². The number of hydrogen-bond donors (Lipinski definition) is 0. The first kappa shape index (κ1) is 63.1. The van der Waals surface area contributed by atoms with Crippen LogP contribution in [-0.4, -0.2) is 8.42 Å². The van der Waals surface area contributed by atoms with Gasteiger partial charge < -0.3 is 24.8 Å². The molecule has 0 nitrogen and oxygen atoms in total. The second-order valence-electron chi connectivity index (χ2n) is 19.8. The van der Waals surface area contributed by atoms with Crippen molar-refractivity contribution in [1.82, 2.24) is 0 Å². The van der Waals surface area contributed by atoms with Crippen LogP contribution >= 0.6 is 0 Å². The van der Waals surface area contributed by atoms with Gasteiger partial charge in [0.2, 0.25) is 0 Å². The number of halogens is 2. The van der Waals surface area contributed by atoms with Gasteiger partial charge in [-0.1, -0.05) is 199 Å². The molecule has 0 fully saturated rings. The Bertz CT molecular complexity index is 3060. The maximum atomic E-state index is 3.34. The van der Waals surface area contributed by atoms with Crippen molar-refractivity contribution in [2.45, 2.75) is 77.0 Å². The maximum Gasteiger partial charge on any atom is -1.00 e. The molecule has 78 heavy (non-hydrogen) atoms. The van der Waals surface area contributed by atoms with Crippen LogP contribution in [0.5, 0.6) is 0 Å². The molecule has 0 aliphatic carbocycles. The van der Waals surface area contributed by atoms with Gasteiger partial charge in [0.15, 0.2) is 0 Å². The van der Waals surface area contributed by atoms with Gasteiger partial charge in [0.05, 0.1) is 0 Å². The molecule has 0 heterocycles. The monoisotopic (exact) mass is 1210 g/mol. The van der Waals surface area contributed by atoms with Gasteiger partial charge in [-0.15, -0.1) is 164 Å². The molecule has 4 unspecified atom stereocenters. The Morgan fingerprint density at radius 1 is 0.269 bits per heavy atom. The molecule has 0 N–H and O–H groups in total. The number of fused-ring (bicyclic) bond motifs is 4. The van der Waals surface area contributed by atoms with Crippen LogP contribution in [0.3, 0.4) is 0 Å². The summed E-state index contributed by atoms with van der Waals surface area (Å²) in [6, 6.07) is 95.5. The number of rotatable bonds is 12. The van der Waals surface area contributed by atoms with Gasteiger partial charge in [0.25, 0.3) is 0 Å². The van der Waals surface area contributed by atoms with Crippen LogP contribution in [0.4, 0.5) is 0 Å². The van der Waals surface area contributed by atoms with E-state index in [-0.39, 0.29) is 24.8 Å². The normalized spacial score (nSPS) is 11.9. The zero-order valence-electron chi connectivity index (χ0n) is 45.7. The third kappa shape index (κ3) is 17.6. The summed E-state index contributed by atoms with van der Waals surface area (Å²) in [6.07, 6.45) is 4.43. The van der Waals surface area contributed by atoms with Crippen molar-refractivity contribution in [3.63, 3.8) is 0 Å². The van der Waals surface area contributed by atoms with Gasteiger partial charge in [0, 0.05) is 0 Å². The second kappa shape index (κ2) is 33.7. The van der Waals surface area contributed by atoms with E-state index in [1.807, 2.05) is 0 Å². The Morgan fingerprint density at radius 2 is 0.436 bits per heavy atom. The Labute approximate surface area is 508 Å². The summed E-state index contributed by atoms with van der Waals surface area (Å²) in [5.74, 6) is 2.27. The van der Waals surface area contributed by atoms with Crippen molar-refractivity contribution in [2.24, 2.45) is 0 Å². The summed E-state index contributed by atoms with van der Waals surface area (Å²) in [5.41, 5.74) is 11.5. The average Bonchev–Trinajstić information content (AvgIpc) is 4.32. The minimum atomic E-state index is 0. The van der Waals surface area contributed by atoms with E-state index >= 15 is 0 Å². The zero-order valence-corrected chi connectivity index (χ0v) is 52.1. The van der Waals surface area contributed by atoms with Crippen LogP contribution in [0.2, 0.25) is 0 Å². The molecule has 0 bridgehead atoms. The largest absolute Gasteiger partial charge is 1.00 e. The Kier molecular flexibility index (Phi) is 27.2. The molecule has 4 atom stereocenters. The third-order valence-corrected chi connectivity index (χ3v) is 14.7. The van der Waals surface area contributed by atoms with Gasteiger partial charge in [-0.3, -0.25) is 0 Å². The van der Waals surface area contributed by atoms with Crippen molar-refractivity contribution in [1.29, 1.82) is 0 Å². The third-order valence-electron chi connectivity index (χ3n) is 14.7. The second-order valence-corrected chi connectivity index (χ2v) is 19.8. The molecule has 4 heteroatoms. The Hall–Kier alpha value is -5.71. The van der Waals surface area contributed by atoms with E-state index in [1.54, 1.807) is 0 Å². The first-order chi connectivity index (χ1) is 37.4. The Balaban J connectivity index is 0.000000186. The molecular formula is C74H72Cl2Zr2-2. The smallest absolute Gasteiger partial charge is 1.00 e. The molecule has 0 spiro atoms. The van der Waals surface area contributed by atoms with E-state index in [4.69, 9.17) is 0 Å². The molecule has 12 rings (SSSR count). The average molecular weight is 1210 g/mol. The fourth-order valence-corrected chi connectivity index (χ4v) is 10.5. The Morgan fingerprint density at radius 3 is 0.628 bits per heavy atom. The summed E-state index contributed by atoms with van der Waals surface area (Å²) >= 11 is 2.60. The van der Waals surface area contributed by atoms with Crippen LogP contribution in [0.1, 0.15) is 95.9 Å². The van der Waals surface area contributed by atoms with Crippen molar-refractivity contribution in [3.8, 4) is 0 Å². The van der Waals surface area contributed by atoms with E-state index in [1.165, 1.54) is 136 Å². The first-order valence-corrected chi connectivity index (χ1v) is 30.3. The molecule has 0 aromatic heterocycles. The SMILES string of the molecule is CC(Cc1c[cH-]c2ccccc12)c1ccccc1.CC(Cc1c[cH-]c2ccccc12)c1ccccc1.CC(Cc1c[cH-]c2ccccc12)c1ccccc1.CC(Cc1c[cH-]c2ccccc12)c1ccccc1.[CH2]=[Zr+2].[CH2]=[Zr+2].[Cl-].[Cl-]. The minimum absolute atomic E-state index is 0. The van der Waals surface area contributed by atoms with Crippen molar-refractivity contribution >= 4 is 51.5 Å². The summed E-state index contributed by atoms with van der Waals surface area (Å²) in [7, 11) is 0. The van der Waals surface area contributed by atoms with Crippen molar-refractivity contribution in [3.05, 3.63) is 311 Å². The standard InChI is InChI=1S/4C18H17.2CH2.2ClH.2Zr/c4*1-14(15-7-3-2-4-8-15)13-17-12-11-16-9-5-6-10-18(16)17;;;;;;/h4*2-12,14H,13H2,1H3;2*1H2;2*1H;;/q4*-1;;;;;2*+2/p-2. The molecule has 0 saturated heterocycles. The molecule has 0 radical (unpaired) electrons. The number of hydrogen-bond acceptors (Lipinski definition) is 0. The minimum Gasteiger partial charge on any atom is -1.00 e. The summed E-state index contributed by atoms with van der Waals surface area (Å²) < 4.78 is 6.68. The quantitative estimate of drug-likeness (QED) is 0.107. The van der Waals surface area contributed by atoms with Crippen LogP contribution < -0.4 is 24.8 Å². The molecule has 392 valence electrons. The van der Waals surface area contributed by atoms with Crippen LogP contribution in [0, 0.1) is 0 Å². The fourth-order valence-electron chi connectivity index (χ4n) is 10.5. The van der Waals surface area contributed by atoms with Crippen molar-refractivity contribution in [2.75, 3.05) is 0 Å². The summed E-state index contributed by atoms with van der Waals surface area (Å²) in [5, 5.41) is 11.0. The predicted octanol–water partition coefficient (Wildman–Crippen LogP) is 13.6. The van der Waals surface area contributed by atoms with Gasteiger partial charge in [-0.25, -0.2) is 0 Å². The van der Waals surface area contributed by atoms with Gasteiger partial charge in [0.1, 0.15) is 0 Å². The van der Waals surface area contributed by atoms with Crippen LogP contribution in [0.25, 0.3) is 43.1 Å². The van der Waals surface area contributed by atoms with Crippen LogP contribution in [-0.2, 0) is 74.2 Å². The molecule has 0 amide bonds. The molecule has 12 aromatic carbocycles. The van der Waals surface area contributed by atoms with E-state index < -0.39 is 0 Å². The fraction of sp³-hybridized carbons (Fsp3) is 0.162. The maximum absolute atomic E-state index is 3.34. The first-order valence-electron chi connectivity index (χ1n) is 26.8. The van der Waals surface area contributed by atoms with Crippen LogP contribution in [0.15, 0.2) is 267 Å². The predicted molar refractivity (Wildman–Crippen MR) is 327 cm³/mol. The molecule has 0 aliphatic heterocycles. The molecular weight excluding hydrogens is 1140 g/mol. The topological polar surface area (TPSA) is 0 Å². The molecule has 12 aromatic rings. The van der Waals surface area contributed by atoms with Crippen molar-refractivity contribution < 1.29 is 73.3 Å². The summed E-state index contributed by atoms with van der Waals surface area (Å²) in [4.78, 5) is 0.